The van der Waals surface area contributed by atoms with Gasteiger partial charge in [0.2, 0.25) is 10.0 Å². The van der Waals surface area contributed by atoms with Crippen LogP contribution < -0.4 is 9.46 Å². The summed E-state index contributed by atoms with van der Waals surface area (Å²) in [6, 6.07) is 8.59. The molecule has 0 heterocycles. The van der Waals surface area contributed by atoms with Crippen LogP contribution in [-0.4, -0.2) is 40.6 Å². The molecule has 2 aromatic rings. The fourth-order valence-electron chi connectivity index (χ4n) is 2.40. The molecule has 148 valence electrons. The first-order valence-electron chi connectivity index (χ1n) is 7.76. The average Bonchev–Trinajstić information content (AvgIpc) is 2.57. The van der Waals surface area contributed by atoms with Crippen molar-refractivity contribution in [1.29, 1.82) is 0 Å². The van der Waals surface area contributed by atoms with Crippen molar-refractivity contribution >= 4 is 21.6 Å². The number of hydrogen-bond acceptors (Lipinski definition) is 4. The first kappa shape index (κ1) is 21.5. The summed E-state index contributed by atoms with van der Waals surface area (Å²) in [6.07, 6.45) is 0. The van der Waals surface area contributed by atoms with Gasteiger partial charge < -0.3 is 9.64 Å². The molecule has 2 rings (SSSR count). The molecule has 0 aliphatic rings. The van der Waals surface area contributed by atoms with Crippen molar-refractivity contribution in [3.63, 3.8) is 0 Å². The Morgan fingerprint density at radius 3 is 2.30 bits per heavy atom. The quantitative estimate of drug-likeness (QED) is 0.705. The third kappa shape index (κ3) is 5.83. The second kappa shape index (κ2) is 8.92. The van der Waals surface area contributed by atoms with E-state index in [4.69, 9.17) is 11.6 Å². The van der Waals surface area contributed by atoms with Crippen molar-refractivity contribution in [1.82, 2.24) is 9.62 Å². The van der Waals surface area contributed by atoms with Crippen LogP contribution in [0, 0.1) is 5.82 Å². The number of nitrogens with zero attached hydrogens (tertiary/aromatic N) is 1. The van der Waals surface area contributed by atoms with Crippen LogP contribution in [0.2, 0.25) is 5.02 Å². The molecule has 2 aromatic carbocycles. The van der Waals surface area contributed by atoms with E-state index in [1.807, 2.05) is 0 Å². The van der Waals surface area contributed by atoms with Crippen molar-refractivity contribution in [2.45, 2.75) is 17.5 Å². The Hall–Kier alpha value is -1.81. The van der Waals surface area contributed by atoms with Gasteiger partial charge in [-0.15, -0.1) is 0 Å². The van der Waals surface area contributed by atoms with Crippen LogP contribution in [0.5, 0.6) is 5.75 Å². The van der Waals surface area contributed by atoms with Gasteiger partial charge in [0.25, 0.3) is 0 Å². The van der Waals surface area contributed by atoms with E-state index in [0.717, 1.165) is 23.8 Å². The topological polar surface area (TPSA) is 58.6 Å². The van der Waals surface area contributed by atoms with Crippen LogP contribution in [0.4, 0.5) is 13.2 Å². The molecule has 10 heteroatoms. The minimum absolute atomic E-state index is 0.00781. The molecule has 1 atom stereocenters. The molecule has 0 amide bonds. The highest BCUT2D eigenvalue weighted by atomic mass is 35.5. The Kier molecular flexibility index (Phi) is 7.10. The maximum Gasteiger partial charge on any atom is 0.387 e. The minimum atomic E-state index is -3.95. The Labute approximate surface area is 160 Å². The molecule has 0 aliphatic carbocycles. The predicted molar refractivity (Wildman–Crippen MR) is 96.1 cm³/mol. The molecule has 0 fully saturated rings. The highest BCUT2D eigenvalue weighted by molar-refractivity contribution is 7.89. The molecular formula is C17H18ClF3N2O3S. The number of nitrogens with one attached hydrogen (secondary N) is 1. The van der Waals surface area contributed by atoms with Gasteiger partial charge in [0.15, 0.2) is 0 Å². The summed E-state index contributed by atoms with van der Waals surface area (Å²) in [6.45, 7) is -3.06. The lowest BCUT2D eigenvalue weighted by Gasteiger charge is -2.25. The zero-order chi connectivity index (χ0) is 20.2. The molecular weight excluding hydrogens is 405 g/mol. The summed E-state index contributed by atoms with van der Waals surface area (Å²) >= 11 is 5.81. The minimum Gasteiger partial charge on any atom is -0.433 e. The zero-order valence-electron chi connectivity index (χ0n) is 14.5. The van der Waals surface area contributed by atoms with E-state index in [-0.39, 0.29) is 28.3 Å². The number of sulfonamides is 1. The standard InChI is InChI=1S/C17H18ClF3N2O3S/c1-23(2)15(11-3-5-12(19)6-4-11)10-22-27(24,25)13-7-8-16(14(18)9-13)26-17(20)21/h3-9,15,17,22H,10H2,1-2H3. The normalized spacial score (nSPS) is 13.2. The number of hydrogen-bond donors (Lipinski definition) is 1. The van der Waals surface area contributed by atoms with Gasteiger partial charge in [-0.1, -0.05) is 23.7 Å². The monoisotopic (exact) mass is 422 g/mol. The molecule has 0 aromatic heterocycles. The SMILES string of the molecule is CN(C)C(CNS(=O)(=O)c1ccc(OC(F)F)c(Cl)c1)c1ccc(F)cc1. The summed E-state index contributed by atoms with van der Waals surface area (Å²) in [4.78, 5) is 1.59. The van der Waals surface area contributed by atoms with Crippen LogP contribution in [0.3, 0.4) is 0 Å². The number of ether oxygens (including phenoxy) is 1. The molecule has 0 bridgehead atoms. The number of halogens is 4. The highest BCUT2D eigenvalue weighted by Crippen LogP contribution is 2.29. The summed E-state index contributed by atoms with van der Waals surface area (Å²) in [5.74, 6) is -0.708. The molecule has 0 radical (unpaired) electrons. The number of rotatable bonds is 8. The van der Waals surface area contributed by atoms with Gasteiger partial charge >= 0.3 is 6.61 Å². The fourth-order valence-corrected chi connectivity index (χ4v) is 3.75. The molecule has 27 heavy (non-hydrogen) atoms. The molecule has 0 aliphatic heterocycles. The lowest BCUT2D eigenvalue weighted by atomic mass is 10.1. The van der Waals surface area contributed by atoms with Crippen molar-refractivity contribution in [2.75, 3.05) is 20.6 Å². The first-order chi connectivity index (χ1) is 12.6. The number of likely N-dealkylation sites (N-methyl/N-ethyl adjacent to an activating group) is 1. The molecule has 0 saturated carbocycles. The van der Waals surface area contributed by atoms with Gasteiger partial charge in [-0.05, 0) is 50.0 Å². The van der Waals surface area contributed by atoms with Crippen molar-refractivity contribution < 1.29 is 26.3 Å². The van der Waals surface area contributed by atoms with E-state index in [0.29, 0.717) is 0 Å². The van der Waals surface area contributed by atoms with Crippen molar-refractivity contribution in [3.05, 3.63) is 58.9 Å². The Morgan fingerprint density at radius 2 is 1.78 bits per heavy atom. The summed E-state index contributed by atoms with van der Waals surface area (Å²) in [7, 11) is -0.432. The van der Waals surface area contributed by atoms with Gasteiger partial charge in [-0.3, -0.25) is 0 Å². The van der Waals surface area contributed by atoms with E-state index in [1.165, 1.54) is 12.1 Å². The summed E-state index contributed by atoms with van der Waals surface area (Å²) in [5.41, 5.74) is 0.725. The van der Waals surface area contributed by atoms with Crippen LogP contribution in [0.25, 0.3) is 0 Å². The molecule has 1 unspecified atom stereocenters. The first-order valence-corrected chi connectivity index (χ1v) is 9.62. The highest BCUT2D eigenvalue weighted by Gasteiger charge is 2.21. The summed E-state index contributed by atoms with van der Waals surface area (Å²) < 4.78 is 69.3. The van der Waals surface area contributed by atoms with Crippen LogP contribution >= 0.6 is 11.6 Å². The fraction of sp³-hybridized carbons (Fsp3) is 0.294. The van der Waals surface area contributed by atoms with E-state index in [9.17, 15) is 21.6 Å². The molecule has 1 N–H and O–H groups in total. The lowest BCUT2D eigenvalue weighted by Crippen LogP contribution is -2.34. The maximum absolute atomic E-state index is 13.1. The van der Waals surface area contributed by atoms with Gasteiger partial charge in [-0.25, -0.2) is 17.5 Å². The van der Waals surface area contributed by atoms with Crippen LogP contribution in [-0.2, 0) is 10.0 Å². The van der Waals surface area contributed by atoms with Gasteiger partial charge in [0.1, 0.15) is 11.6 Å². The third-order valence-corrected chi connectivity index (χ3v) is 5.49. The van der Waals surface area contributed by atoms with E-state index >= 15 is 0 Å². The van der Waals surface area contributed by atoms with Crippen molar-refractivity contribution in [2.24, 2.45) is 0 Å². The van der Waals surface area contributed by atoms with E-state index in [2.05, 4.69) is 9.46 Å². The average molecular weight is 423 g/mol. The molecule has 5 nitrogen and oxygen atoms in total. The Bertz CT molecular complexity index is 877. The second-order valence-corrected chi connectivity index (χ2v) is 8.03. The van der Waals surface area contributed by atoms with Gasteiger partial charge in [0, 0.05) is 12.6 Å². The van der Waals surface area contributed by atoms with Crippen molar-refractivity contribution in [3.8, 4) is 5.75 Å². The second-order valence-electron chi connectivity index (χ2n) is 5.85. The number of benzene rings is 2. The Balaban J connectivity index is 2.17. The predicted octanol–water partition coefficient (Wildman–Crippen LogP) is 3.66. The van der Waals surface area contributed by atoms with E-state index < -0.39 is 22.5 Å². The van der Waals surface area contributed by atoms with Gasteiger partial charge in [-0.2, -0.15) is 8.78 Å². The maximum atomic E-state index is 13.1. The van der Waals surface area contributed by atoms with Gasteiger partial charge in [0.05, 0.1) is 9.92 Å². The zero-order valence-corrected chi connectivity index (χ0v) is 16.1. The van der Waals surface area contributed by atoms with Crippen LogP contribution in [0.1, 0.15) is 11.6 Å². The third-order valence-electron chi connectivity index (χ3n) is 3.77. The molecule has 0 saturated heterocycles. The smallest absolute Gasteiger partial charge is 0.387 e. The molecule has 0 spiro atoms. The Morgan fingerprint density at radius 1 is 1.15 bits per heavy atom. The van der Waals surface area contributed by atoms with Crippen LogP contribution in [0.15, 0.2) is 47.4 Å². The van der Waals surface area contributed by atoms with E-state index in [1.54, 1.807) is 31.1 Å². The number of alkyl halides is 2. The summed E-state index contributed by atoms with van der Waals surface area (Å²) in [5, 5.41) is -0.249. The largest absolute Gasteiger partial charge is 0.433 e. The lowest BCUT2D eigenvalue weighted by molar-refractivity contribution is -0.0498.